The Balaban J connectivity index is 1.64. The molecular weight excluding hydrogens is 382 g/mol. The van der Waals surface area contributed by atoms with Crippen molar-refractivity contribution in [3.8, 4) is 5.75 Å². The minimum Gasteiger partial charge on any atom is -0.495 e. The number of rotatable bonds is 6. The van der Waals surface area contributed by atoms with Crippen LogP contribution >= 0.6 is 11.3 Å². The fourth-order valence-corrected chi connectivity index (χ4v) is 5.01. The quantitative estimate of drug-likeness (QED) is 0.545. The van der Waals surface area contributed by atoms with Crippen LogP contribution in [0.25, 0.3) is 0 Å². The number of amides is 1. The van der Waals surface area contributed by atoms with E-state index in [0.717, 1.165) is 35.4 Å². The Bertz CT molecular complexity index is 985. The number of hydrogen-bond donors (Lipinski definition) is 2. The third-order valence-electron chi connectivity index (χ3n) is 5.18. The summed E-state index contributed by atoms with van der Waals surface area (Å²) in [5, 5.41) is 7.49. The number of carbonyl (C=O) groups excluding carboxylic acids is 1. The van der Waals surface area contributed by atoms with E-state index in [2.05, 4.69) is 15.6 Å². The number of nitrogens with one attached hydrogen (secondary N) is 2. The molecule has 1 aliphatic carbocycles. The monoisotopic (exact) mass is 407 g/mol. The van der Waals surface area contributed by atoms with Crippen LogP contribution in [-0.4, -0.2) is 18.0 Å². The van der Waals surface area contributed by atoms with Crippen LogP contribution in [0.2, 0.25) is 0 Å². The summed E-state index contributed by atoms with van der Waals surface area (Å²) in [5.41, 5.74) is 3.76. The number of carbonyl (C=O) groups is 1. The second kappa shape index (κ2) is 9.09. The standard InChI is InChI=1S/C23H25N3O2S/c1-28-19-11-6-5-10-18(19)26-22(27)21-17-9-3-2-4-12-20(17)29-23(21)25-15-16-8-7-13-24-14-16/h5-8,10-11,13-14,25H,2-4,9,12,15H2,1H3,(H,26,27). The molecule has 0 atom stereocenters. The van der Waals surface area contributed by atoms with Crippen LogP contribution in [0.3, 0.4) is 0 Å². The van der Waals surface area contributed by atoms with Crippen molar-refractivity contribution in [1.29, 1.82) is 0 Å². The topological polar surface area (TPSA) is 63.2 Å². The van der Waals surface area contributed by atoms with Crippen molar-refractivity contribution in [2.45, 2.75) is 38.6 Å². The summed E-state index contributed by atoms with van der Waals surface area (Å²) in [6.45, 7) is 0.641. The number of benzene rings is 1. The fraction of sp³-hybridized carbons (Fsp3) is 0.304. The molecular formula is C23H25N3O2S. The number of aryl methyl sites for hydroxylation is 1. The minimum absolute atomic E-state index is 0.0809. The summed E-state index contributed by atoms with van der Waals surface area (Å²) in [6, 6.07) is 11.5. The van der Waals surface area contributed by atoms with Crippen molar-refractivity contribution in [3.05, 3.63) is 70.4 Å². The second-order valence-electron chi connectivity index (χ2n) is 7.14. The first-order valence-corrected chi connectivity index (χ1v) is 10.8. The van der Waals surface area contributed by atoms with Gasteiger partial charge >= 0.3 is 0 Å². The predicted octanol–water partition coefficient (Wildman–Crippen LogP) is 5.29. The molecule has 4 rings (SSSR count). The van der Waals surface area contributed by atoms with E-state index in [9.17, 15) is 4.79 Å². The molecule has 1 aromatic carbocycles. The van der Waals surface area contributed by atoms with Crippen LogP contribution in [0, 0.1) is 0 Å². The van der Waals surface area contributed by atoms with Crippen LogP contribution in [0.15, 0.2) is 48.8 Å². The number of ether oxygens (including phenoxy) is 1. The van der Waals surface area contributed by atoms with Gasteiger partial charge in [-0.1, -0.05) is 24.6 Å². The molecule has 0 bridgehead atoms. The van der Waals surface area contributed by atoms with E-state index in [1.54, 1.807) is 24.6 Å². The van der Waals surface area contributed by atoms with Crippen molar-refractivity contribution in [3.63, 3.8) is 0 Å². The predicted molar refractivity (Wildman–Crippen MR) is 118 cm³/mol. The molecule has 5 nitrogen and oxygen atoms in total. The summed E-state index contributed by atoms with van der Waals surface area (Å²) in [6.07, 6.45) is 9.14. The SMILES string of the molecule is COc1ccccc1NC(=O)c1c(NCc2cccnc2)sc2c1CCCCC2. The highest BCUT2D eigenvalue weighted by atomic mass is 32.1. The van der Waals surface area contributed by atoms with Gasteiger partial charge in [-0.2, -0.15) is 0 Å². The Labute approximate surface area is 175 Å². The molecule has 0 aliphatic heterocycles. The fourth-order valence-electron chi connectivity index (χ4n) is 3.73. The number of aromatic nitrogens is 1. The highest BCUT2D eigenvalue weighted by Gasteiger charge is 2.25. The van der Waals surface area contributed by atoms with Crippen molar-refractivity contribution in [2.24, 2.45) is 0 Å². The molecule has 0 unspecified atom stereocenters. The van der Waals surface area contributed by atoms with Gasteiger partial charge in [-0.25, -0.2) is 0 Å². The highest BCUT2D eigenvalue weighted by Crippen LogP contribution is 2.38. The average molecular weight is 408 g/mol. The number of fused-ring (bicyclic) bond motifs is 1. The van der Waals surface area contributed by atoms with Gasteiger partial charge in [-0.05, 0) is 55.0 Å². The number of thiophene rings is 1. The molecule has 0 saturated carbocycles. The molecule has 2 N–H and O–H groups in total. The van der Waals surface area contributed by atoms with Crippen LogP contribution in [-0.2, 0) is 19.4 Å². The van der Waals surface area contributed by atoms with Crippen LogP contribution < -0.4 is 15.4 Å². The van der Waals surface area contributed by atoms with Crippen molar-refractivity contribution in [2.75, 3.05) is 17.7 Å². The smallest absolute Gasteiger partial charge is 0.259 e. The molecule has 29 heavy (non-hydrogen) atoms. The Morgan fingerprint density at radius 1 is 1.14 bits per heavy atom. The van der Waals surface area contributed by atoms with Crippen LogP contribution in [0.4, 0.5) is 10.7 Å². The third-order valence-corrected chi connectivity index (χ3v) is 6.43. The zero-order valence-corrected chi connectivity index (χ0v) is 17.3. The van der Waals surface area contributed by atoms with Crippen molar-refractivity contribution < 1.29 is 9.53 Å². The molecule has 6 heteroatoms. The van der Waals surface area contributed by atoms with E-state index in [0.29, 0.717) is 18.0 Å². The van der Waals surface area contributed by atoms with Gasteiger partial charge in [0.25, 0.3) is 5.91 Å². The summed E-state index contributed by atoms with van der Waals surface area (Å²) in [4.78, 5) is 18.9. The lowest BCUT2D eigenvalue weighted by atomic mass is 10.0. The number of pyridine rings is 1. The lowest BCUT2D eigenvalue weighted by molar-refractivity contribution is 0.102. The van der Waals surface area contributed by atoms with Gasteiger partial charge in [0.2, 0.25) is 0 Å². The van der Waals surface area contributed by atoms with Gasteiger partial charge in [0.1, 0.15) is 10.8 Å². The zero-order chi connectivity index (χ0) is 20.1. The molecule has 3 aromatic rings. The average Bonchev–Trinajstić information content (AvgIpc) is 2.94. The van der Waals surface area contributed by atoms with Gasteiger partial charge in [0, 0.05) is 23.8 Å². The van der Waals surface area contributed by atoms with E-state index in [1.807, 2.05) is 42.6 Å². The summed E-state index contributed by atoms with van der Waals surface area (Å²) < 4.78 is 5.40. The molecule has 0 fully saturated rings. The van der Waals surface area contributed by atoms with E-state index in [4.69, 9.17) is 4.74 Å². The number of anilines is 2. The first kappa shape index (κ1) is 19.5. The maximum Gasteiger partial charge on any atom is 0.259 e. The largest absolute Gasteiger partial charge is 0.495 e. The van der Waals surface area contributed by atoms with Crippen molar-refractivity contribution in [1.82, 2.24) is 4.98 Å². The molecule has 1 amide bonds. The van der Waals surface area contributed by atoms with E-state index in [-0.39, 0.29) is 5.91 Å². The van der Waals surface area contributed by atoms with Crippen LogP contribution in [0.5, 0.6) is 5.75 Å². The second-order valence-corrected chi connectivity index (χ2v) is 8.24. The number of para-hydroxylation sites is 2. The first-order valence-electron chi connectivity index (χ1n) is 9.98. The van der Waals surface area contributed by atoms with Gasteiger partial charge in [-0.15, -0.1) is 11.3 Å². The summed E-state index contributed by atoms with van der Waals surface area (Å²) in [5.74, 6) is 0.578. The maximum atomic E-state index is 13.3. The van der Waals surface area contributed by atoms with Crippen molar-refractivity contribution >= 4 is 27.9 Å². The lowest BCUT2D eigenvalue weighted by Crippen LogP contribution is -2.16. The van der Waals surface area contributed by atoms with E-state index < -0.39 is 0 Å². The molecule has 2 aromatic heterocycles. The van der Waals surface area contributed by atoms with Gasteiger partial charge in [-0.3, -0.25) is 9.78 Å². The molecule has 0 spiro atoms. The lowest BCUT2D eigenvalue weighted by Gasteiger charge is -2.13. The van der Waals surface area contributed by atoms with Gasteiger partial charge in [0.05, 0.1) is 18.4 Å². The summed E-state index contributed by atoms with van der Waals surface area (Å²) in [7, 11) is 1.61. The Kier molecular flexibility index (Phi) is 6.10. The Hall–Kier alpha value is -2.86. The molecule has 0 saturated heterocycles. The Morgan fingerprint density at radius 3 is 2.83 bits per heavy atom. The molecule has 0 radical (unpaired) electrons. The molecule has 2 heterocycles. The zero-order valence-electron chi connectivity index (χ0n) is 16.5. The number of hydrogen-bond acceptors (Lipinski definition) is 5. The molecule has 150 valence electrons. The van der Waals surface area contributed by atoms with E-state index in [1.165, 1.54) is 23.3 Å². The minimum atomic E-state index is -0.0809. The number of methoxy groups -OCH3 is 1. The van der Waals surface area contributed by atoms with Crippen LogP contribution in [0.1, 0.15) is 45.6 Å². The maximum absolute atomic E-state index is 13.3. The molecule has 1 aliphatic rings. The van der Waals surface area contributed by atoms with Gasteiger partial charge in [0.15, 0.2) is 0 Å². The van der Waals surface area contributed by atoms with Gasteiger partial charge < -0.3 is 15.4 Å². The third kappa shape index (κ3) is 4.43. The summed E-state index contributed by atoms with van der Waals surface area (Å²) >= 11 is 1.72. The number of nitrogens with zero attached hydrogens (tertiary/aromatic N) is 1. The van der Waals surface area contributed by atoms with E-state index >= 15 is 0 Å². The first-order chi connectivity index (χ1) is 14.3. The highest BCUT2D eigenvalue weighted by molar-refractivity contribution is 7.16. The normalized spacial score (nSPS) is 13.3. The Morgan fingerprint density at radius 2 is 2.00 bits per heavy atom.